The monoisotopic (exact) mass is 322 g/mol. The third kappa shape index (κ3) is 5.01. The molecule has 1 radical (unpaired) electrons. The van der Waals surface area contributed by atoms with Crippen LogP contribution in [0.3, 0.4) is 0 Å². The fourth-order valence-electron chi connectivity index (χ4n) is 2.12. The number of nitrogens with zero attached hydrogens (tertiary/aromatic N) is 1. The van der Waals surface area contributed by atoms with Gasteiger partial charge >= 0.3 is 7.48 Å². The van der Waals surface area contributed by atoms with Gasteiger partial charge in [0.1, 0.15) is 5.82 Å². The summed E-state index contributed by atoms with van der Waals surface area (Å²) in [5, 5.41) is 10.1. The van der Waals surface area contributed by atoms with E-state index >= 15 is 0 Å². The minimum Gasteiger partial charge on any atom is -0.427 e. The van der Waals surface area contributed by atoms with Gasteiger partial charge in [0.25, 0.3) is 0 Å². The van der Waals surface area contributed by atoms with Gasteiger partial charge in [-0.3, -0.25) is 4.90 Å². The molecule has 1 heterocycles. The van der Waals surface area contributed by atoms with E-state index in [2.05, 4.69) is 4.90 Å². The zero-order chi connectivity index (χ0) is 17.1. The lowest BCUT2D eigenvalue weighted by atomic mass is 9.82. The second kappa shape index (κ2) is 7.30. The topological polar surface area (TPSA) is 41.9 Å². The first-order valence-corrected chi connectivity index (χ1v) is 8.01. The molecule has 1 fully saturated rings. The molecular weight excluding hydrogens is 296 g/mol. The molecule has 1 aromatic rings. The van der Waals surface area contributed by atoms with E-state index in [-0.39, 0.29) is 5.82 Å². The first-order valence-electron chi connectivity index (χ1n) is 8.01. The second-order valence-corrected chi connectivity index (χ2v) is 7.04. The van der Waals surface area contributed by atoms with Gasteiger partial charge in [-0.1, -0.05) is 17.6 Å². The number of ether oxygens (including phenoxy) is 1. The van der Waals surface area contributed by atoms with Crippen molar-refractivity contribution in [2.75, 3.05) is 26.3 Å². The summed E-state index contributed by atoms with van der Waals surface area (Å²) >= 11 is 0. The van der Waals surface area contributed by atoms with E-state index in [0.29, 0.717) is 30.8 Å². The number of hydrogen-bond donors (Lipinski definition) is 1. The maximum absolute atomic E-state index is 14.3. The van der Waals surface area contributed by atoms with Gasteiger partial charge in [0.15, 0.2) is 0 Å². The number of aliphatic hydroxyl groups is 1. The molecule has 6 heteroatoms. The molecule has 1 aliphatic rings. The van der Waals surface area contributed by atoms with Crippen LogP contribution in [-0.4, -0.2) is 55.0 Å². The predicted molar refractivity (Wildman–Crippen MR) is 89.3 cm³/mol. The fourth-order valence-corrected chi connectivity index (χ4v) is 2.12. The first-order chi connectivity index (χ1) is 10.7. The Balaban J connectivity index is 1.96. The van der Waals surface area contributed by atoms with Gasteiger partial charge < -0.3 is 14.5 Å². The van der Waals surface area contributed by atoms with Crippen LogP contribution in [-0.2, 0) is 15.9 Å². The summed E-state index contributed by atoms with van der Waals surface area (Å²) in [6.07, 6.45) is 0. The summed E-state index contributed by atoms with van der Waals surface area (Å²) in [5.41, 5.74) is -0.454. The summed E-state index contributed by atoms with van der Waals surface area (Å²) in [5.74, 6) is -0.241. The smallest absolute Gasteiger partial charge is 0.331 e. The van der Waals surface area contributed by atoms with E-state index in [9.17, 15) is 9.50 Å². The summed E-state index contributed by atoms with van der Waals surface area (Å²) in [6.45, 7) is 10.6. The van der Waals surface area contributed by atoms with Crippen molar-refractivity contribution < 1.29 is 18.9 Å². The molecule has 4 nitrogen and oxygen atoms in total. The quantitative estimate of drug-likeness (QED) is 0.806. The van der Waals surface area contributed by atoms with Crippen LogP contribution in [0.5, 0.6) is 0 Å². The molecule has 0 aromatic heterocycles. The number of halogens is 1. The van der Waals surface area contributed by atoms with Gasteiger partial charge in [-0.2, -0.15) is 0 Å². The normalized spacial score (nSPS) is 17.3. The molecule has 0 amide bonds. The van der Waals surface area contributed by atoms with Gasteiger partial charge in [0.2, 0.25) is 0 Å². The maximum atomic E-state index is 14.3. The average Bonchev–Trinajstić information content (AvgIpc) is 2.48. The third-order valence-corrected chi connectivity index (χ3v) is 4.54. The van der Waals surface area contributed by atoms with Crippen LogP contribution < -0.4 is 5.46 Å². The lowest BCUT2D eigenvalue weighted by Gasteiger charge is -2.37. The number of benzene rings is 1. The third-order valence-electron chi connectivity index (χ3n) is 4.54. The SMILES string of the molecule is CC(C)(O)C(C)(C)O[B]c1ccc(CN2CCOCC2)c(F)c1. The largest absolute Gasteiger partial charge is 0.427 e. The Kier molecular flexibility index (Phi) is 5.84. The molecule has 23 heavy (non-hydrogen) atoms. The van der Waals surface area contributed by atoms with E-state index < -0.39 is 11.2 Å². The molecule has 1 N–H and O–H groups in total. The molecule has 0 unspecified atom stereocenters. The molecule has 1 aromatic carbocycles. The van der Waals surface area contributed by atoms with Crippen molar-refractivity contribution in [3.05, 3.63) is 29.6 Å². The standard InChI is InChI=1S/C17H26BFNO3/c1-16(2,21)17(3,4)23-18-14-6-5-13(15(19)11-14)12-20-7-9-22-10-8-20/h5-6,11,21H,7-10,12H2,1-4H3. The number of morpholine rings is 1. The fraction of sp³-hybridized carbons (Fsp3) is 0.647. The van der Waals surface area contributed by atoms with Crippen molar-refractivity contribution in [3.63, 3.8) is 0 Å². The minimum absolute atomic E-state index is 0.241. The zero-order valence-corrected chi connectivity index (χ0v) is 14.4. The molecule has 0 atom stereocenters. The van der Waals surface area contributed by atoms with Gasteiger partial charge in [0, 0.05) is 25.2 Å². The molecule has 0 bridgehead atoms. The average molecular weight is 322 g/mol. The van der Waals surface area contributed by atoms with E-state index in [1.54, 1.807) is 33.8 Å². The Bertz CT molecular complexity index is 525. The van der Waals surface area contributed by atoms with Crippen LogP contribution in [0.25, 0.3) is 0 Å². The summed E-state index contributed by atoms with van der Waals surface area (Å²) in [4.78, 5) is 2.18. The lowest BCUT2D eigenvalue weighted by molar-refractivity contribution is -0.0893. The summed E-state index contributed by atoms with van der Waals surface area (Å²) in [7, 11) is 1.50. The van der Waals surface area contributed by atoms with E-state index in [0.717, 1.165) is 13.1 Å². The second-order valence-electron chi connectivity index (χ2n) is 7.04. The number of hydrogen-bond acceptors (Lipinski definition) is 4. The molecule has 1 aliphatic heterocycles. The summed E-state index contributed by atoms with van der Waals surface area (Å²) < 4.78 is 25.2. The Hall–Kier alpha value is -0.945. The van der Waals surface area contributed by atoms with E-state index in [1.165, 1.54) is 13.5 Å². The molecule has 0 saturated carbocycles. The van der Waals surface area contributed by atoms with E-state index in [1.807, 2.05) is 6.07 Å². The Labute approximate surface area is 138 Å². The number of rotatable bonds is 6. The highest BCUT2D eigenvalue weighted by Gasteiger charge is 2.35. The highest BCUT2D eigenvalue weighted by atomic mass is 19.1. The molecular formula is C17H26BFNO3. The Morgan fingerprint density at radius 1 is 1.26 bits per heavy atom. The van der Waals surface area contributed by atoms with Crippen LogP contribution >= 0.6 is 0 Å². The van der Waals surface area contributed by atoms with Crippen LogP contribution in [0.15, 0.2) is 18.2 Å². The molecule has 2 rings (SSSR count). The maximum Gasteiger partial charge on any atom is 0.331 e. The lowest BCUT2D eigenvalue weighted by Crippen LogP contribution is -2.49. The first kappa shape index (κ1) is 18.4. The van der Waals surface area contributed by atoms with Crippen molar-refractivity contribution in [2.24, 2.45) is 0 Å². The van der Waals surface area contributed by atoms with Gasteiger partial charge in [-0.25, -0.2) is 4.39 Å². The zero-order valence-electron chi connectivity index (χ0n) is 14.4. The van der Waals surface area contributed by atoms with Gasteiger partial charge in [-0.05, 0) is 33.8 Å². The summed E-state index contributed by atoms with van der Waals surface area (Å²) in [6, 6.07) is 5.09. The minimum atomic E-state index is -1.00. The molecule has 0 spiro atoms. The van der Waals surface area contributed by atoms with Crippen molar-refractivity contribution in [1.29, 1.82) is 0 Å². The highest BCUT2D eigenvalue weighted by Crippen LogP contribution is 2.24. The molecule has 127 valence electrons. The van der Waals surface area contributed by atoms with Gasteiger partial charge in [0.05, 0.1) is 24.4 Å². The van der Waals surface area contributed by atoms with Crippen molar-refractivity contribution in [3.8, 4) is 0 Å². The van der Waals surface area contributed by atoms with Crippen LogP contribution in [0.4, 0.5) is 4.39 Å². The van der Waals surface area contributed by atoms with Crippen molar-refractivity contribution in [2.45, 2.75) is 45.4 Å². The Morgan fingerprint density at radius 2 is 1.91 bits per heavy atom. The van der Waals surface area contributed by atoms with Gasteiger partial charge in [-0.15, -0.1) is 0 Å². The van der Waals surface area contributed by atoms with Crippen molar-refractivity contribution >= 4 is 12.9 Å². The van der Waals surface area contributed by atoms with E-state index in [4.69, 9.17) is 9.39 Å². The predicted octanol–water partition coefficient (Wildman–Crippen LogP) is 1.47. The van der Waals surface area contributed by atoms with Crippen LogP contribution in [0.2, 0.25) is 0 Å². The molecule has 1 saturated heterocycles. The van der Waals surface area contributed by atoms with Crippen LogP contribution in [0.1, 0.15) is 33.3 Å². The van der Waals surface area contributed by atoms with Crippen molar-refractivity contribution in [1.82, 2.24) is 4.90 Å². The highest BCUT2D eigenvalue weighted by molar-refractivity contribution is 6.47. The Morgan fingerprint density at radius 3 is 2.48 bits per heavy atom. The molecule has 0 aliphatic carbocycles. The van der Waals surface area contributed by atoms with Crippen LogP contribution in [0, 0.1) is 5.82 Å².